The van der Waals surface area contributed by atoms with Gasteiger partial charge in [0.15, 0.2) is 0 Å². The summed E-state index contributed by atoms with van der Waals surface area (Å²) in [5.41, 5.74) is 1.23. The smallest absolute Gasteiger partial charge is 0.212 e. The Morgan fingerprint density at radius 3 is 2.70 bits per heavy atom. The highest BCUT2D eigenvalue weighted by molar-refractivity contribution is 7.09. The maximum Gasteiger partial charge on any atom is 0.212 e. The van der Waals surface area contributed by atoms with E-state index in [0.717, 1.165) is 43.7 Å². The van der Waals surface area contributed by atoms with Crippen molar-refractivity contribution in [2.75, 3.05) is 38.2 Å². The van der Waals surface area contributed by atoms with Crippen molar-refractivity contribution in [1.29, 1.82) is 0 Å². The van der Waals surface area contributed by atoms with Gasteiger partial charge in [0.1, 0.15) is 5.82 Å². The highest BCUT2D eigenvalue weighted by Crippen LogP contribution is 2.39. The van der Waals surface area contributed by atoms with Crippen LogP contribution in [0.5, 0.6) is 5.88 Å². The molecule has 23 heavy (non-hydrogen) atoms. The average molecular weight is 331 g/mol. The Hall–Kier alpha value is -1.73. The molecule has 0 N–H and O–H groups in total. The topological polar surface area (TPSA) is 54.4 Å². The minimum Gasteiger partial charge on any atom is -0.481 e. The van der Waals surface area contributed by atoms with Crippen LogP contribution >= 0.6 is 11.5 Å². The predicted molar refractivity (Wildman–Crippen MR) is 90.2 cm³/mol. The van der Waals surface area contributed by atoms with Gasteiger partial charge in [-0.05, 0) is 18.4 Å². The lowest BCUT2D eigenvalue weighted by Crippen LogP contribution is -2.45. The summed E-state index contributed by atoms with van der Waals surface area (Å²) >= 11 is 1.56. The molecule has 122 valence electrons. The lowest BCUT2D eigenvalue weighted by Gasteiger charge is -2.34. The van der Waals surface area contributed by atoms with Crippen molar-refractivity contribution in [1.82, 2.24) is 19.2 Å². The van der Waals surface area contributed by atoms with Gasteiger partial charge in [0, 0.05) is 62.4 Å². The zero-order valence-electron chi connectivity index (χ0n) is 13.3. The number of anilines is 1. The van der Waals surface area contributed by atoms with Crippen LogP contribution in [0.15, 0.2) is 18.3 Å². The third-order valence-electron chi connectivity index (χ3n) is 4.43. The SMILES string of the molecule is COc1ccc(CN2CCN(c3nc(C4CC4)ns3)CC2)cn1. The van der Waals surface area contributed by atoms with E-state index in [2.05, 4.69) is 25.2 Å². The summed E-state index contributed by atoms with van der Waals surface area (Å²) in [6.07, 6.45) is 4.43. The molecule has 2 fully saturated rings. The maximum atomic E-state index is 5.10. The number of methoxy groups -OCH3 is 1. The zero-order valence-corrected chi connectivity index (χ0v) is 14.1. The summed E-state index contributed by atoms with van der Waals surface area (Å²) in [4.78, 5) is 13.8. The van der Waals surface area contributed by atoms with E-state index in [1.165, 1.54) is 18.4 Å². The van der Waals surface area contributed by atoms with Crippen molar-refractivity contribution >= 4 is 16.7 Å². The monoisotopic (exact) mass is 331 g/mol. The van der Waals surface area contributed by atoms with Gasteiger partial charge in [-0.1, -0.05) is 6.07 Å². The Morgan fingerprint density at radius 2 is 2.04 bits per heavy atom. The number of piperazine rings is 1. The van der Waals surface area contributed by atoms with E-state index in [1.54, 1.807) is 18.6 Å². The van der Waals surface area contributed by atoms with E-state index in [-0.39, 0.29) is 0 Å². The van der Waals surface area contributed by atoms with E-state index in [1.807, 2.05) is 12.3 Å². The van der Waals surface area contributed by atoms with E-state index in [9.17, 15) is 0 Å². The molecule has 1 saturated heterocycles. The van der Waals surface area contributed by atoms with E-state index >= 15 is 0 Å². The van der Waals surface area contributed by atoms with E-state index < -0.39 is 0 Å². The Balaban J connectivity index is 1.31. The normalized spacial score (nSPS) is 19.1. The van der Waals surface area contributed by atoms with Crippen LogP contribution in [0, 0.1) is 0 Å². The molecule has 0 amide bonds. The van der Waals surface area contributed by atoms with Gasteiger partial charge in [-0.25, -0.2) is 9.97 Å². The number of aromatic nitrogens is 3. The second-order valence-corrected chi connectivity index (χ2v) is 6.91. The Labute approximate surface area is 140 Å². The first-order valence-corrected chi connectivity index (χ1v) is 8.89. The van der Waals surface area contributed by atoms with Crippen LogP contribution in [0.4, 0.5) is 5.13 Å². The van der Waals surface area contributed by atoms with Crippen molar-refractivity contribution in [2.24, 2.45) is 0 Å². The predicted octanol–water partition coefficient (Wildman–Crippen LogP) is 2.14. The minimum absolute atomic E-state index is 0.642. The third kappa shape index (κ3) is 3.45. The van der Waals surface area contributed by atoms with Crippen LogP contribution in [0.3, 0.4) is 0 Å². The van der Waals surface area contributed by atoms with Gasteiger partial charge in [0.2, 0.25) is 11.0 Å². The second-order valence-electron chi connectivity index (χ2n) is 6.18. The molecule has 0 atom stereocenters. The van der Waals surface area contributed by atoms with Gasteiger partial charge in [-0.15, -0.1) is 0 Å². The summed E-state index contributed by atoms with van der Waals surface area (Å²) < 4.78 is 9.61. The molecule has 1 aliphatic heterocycles. The molecule has 2 aromatic rings. The Bertz CT molecular complexity index is 647. The molecular formula is C16H21N5OS. The molecule has 6 nitrogen and oxygen atoms in total. The first-order valence-electron chi connectivity index (χ1n) is 8.11. The summed E-state index contributed by atoms with van der Waals surface area (Å²) in [6.45, 7) is 5.06. The largest absolute Gasteiger partial charge is 0.481 e. The molecule has 0 spiro atoms. The van der Waals surface area contributed by atoms with Gasteiger partial charge in [-0.2, -0.15) is 4.37 Å². The van der Waals surface area contributed by atoms with Crippen molar-refractivity contribution < 1.29 is 4.74 Å². The van der Waals surface area contributed by atoms with Crippen LogP contribution in [-0.2, 0) is 6.54 Å². The molecule has 2 aromatic heterocycles. The van der Waals surface area contributed by atoms with Gasteiger partial charge in [0.25, 0.3) is 0 Å². The molecule has 0 bridgehead atoms. The van der Waals surface area contributed by atoms with Crippen LogP contribution in [0.2, 0.25) is 0 Å². The average Bonchev–Trinajstić information content (AvgIpc) is 3.34. The molecule has 3 heterocycles. The molecule has 1 aliphatic carbocycles. The van der Waals surface area contributed by atoms with Crippen LogP contribution in [-0.4, -0.2) is 52.5 Å². The second kappa shape index (κ2) is 6.41. The molecule has 0 aromatic carbocycles. The fourth-order valence-corrected chi connectivity index (χ4v) is 3.64. The standard InChI is InChI=1S/C16H21N5OS/c1-22-14-5-2-12(10-17-14)11-20-6-8-21(9-7-20)16-18-15(19-23-16)13-3-4-13/h2,5,10,13H,3-4,6-9,11H2,1H3. The molecule has 0 radical (unpaired) electrons. The number of hydrogen-bond acceptors (Lipinski definition) is 7. The first kappa shape index (κ1) is 14.8. The van der Waals surface area contributed by atoms with Crippen molar-refractivity contribution in [2.45, 2.75) is 25.3 Å². The Morgan fingerprint density at radius 1 is 1.22 bits per heavy atom. The number of hydrogen-bond donors (Lipinski definition) is 0. The van der Waals surface area contributed by atoms with E-state index in [0.29, 0.717) is 11.8 Å². The fraction of sp³-hybridized carbons (Fsp3) is 0.562. The zero-order chi connectivity index (χ0) is 15.6. The molecule has 2 aliphatic rings. The number of ether oxygens (including phenoxy) is 1. The van der Waals surface area contributed by atoms with Crippen LogP contribution < -0.4 is 9.64 Å². The summed E-state index contributed by atoms with van der Waals surface area (Å²) in [6, 6.07) is 4.01. The molecular weight excluding hydrogens is 310 g/mol. The van der Waals surface area contributed by atoms with Crippen LogP contribution in [0.1, 0.15) is 30.1 Å². The number of nitrogens with zero attached hydrogens (tertiary/aromatic N) is 5. The highest BCUT2D eigenvalue weighted by atomic mass is 32.1. The van der Waals surface area contributed by atoms with Gasteiger partial charge in [0.05, 0.1) is 7.11 Å². The van der Waals surface area contributed by atoms with E-state index in [4.69, 9.17) is 9.72 Å². The van der Waals surface area contributed by atoms with Crippen molar-refractivity contribution in [3.05, 3.63) is 29.7 Å². The third-order valence-corrected chi connectivity index (χ3v) is 5.22. The number of rotatable bonds is 5. The lowest BCUT2D eigenvalue weighted by atomic mass is 10.2. The Kier molecular flexibility index (Phi) is 4.13. The van der Waals surface area contributed by atoms with Crippen LogP contribution in [0.25, 0.3) is 0 Å². The van der Waals surface area contributed by atoms with Gasteiger partial charge < -0.3 is 9.64 Å². The molecule has 1 saturated carbocycles. The summed E-state index contributed by atoms with van der Waals surface area (Å²) in [5, 5.41) is 1.10. The van der Waals surface area contributed by atoms with Crippen molar-refractivity contribution in [3.63, 3.8) is 0 Å². The first-order chi connectivity index (χ1) is 11.3. The molecule has 0 unspecified atom stereocenters. The maximum absolute atomic E-state index is 5.10. The number of pyridine rings is 1. The molecule has 4 rings (SSSR count). The summed E-state index contributed by atoms with van der Waals surface area (Å²) in [5.74, 6) is 2.38. The quantitative estimate of drug-likeness (QED) is 0.837. The van der Waals surface area contributed by atoms with Gasteiger partial charge in [-0.3, -0.25) is 4.90 Å². The summed E-state index contributed by atoms with van der Waals surface area (Å²) in [7, 11) is 1.64. The molecule has 7 heteroatoms. The lowest BCUT2D eigenvalue weighted by molar-refractivity contribution is 0.249. The highest BCUT2D eigenvalue weighted by Gasteiger charge is 2.29. The van der Waals surface area contributed by atoms with Gasteiger partial charge >= 0.3 is 0 Å². The fourth-order valence-electron chi connectivity index (χ4n) is 2.84. The minimum atomic E-state index is 0.642. The van der Waals surface area contributed by atoms with Crippen molar-refractivity contribution in [3.8, 4) is 5.88 Å².